The Morgan fingerprint density at radius 2 is 1.75 bits per heavy atom. The molecule has 2 amide bonds. The topological polar surface area (TPSA) is 134 Å². The second kappa shape index (κ2) is 11.6. The largest absolute Gasteiger partial charge is 0.635 e. The highest BCUT2D eigenvalue weighted by atomic mass is 16.6. The van der Waals surface area contributed by atoms with Gasteiger partial charge in [-0.3, -0.25) is 14.6 Å². The van der Waals surface area contributed by atoms with Crippen LogP contribution in [0.15, 0.2) is 83.5 Å². The molecule has 0 aliphatic heterocycles. The molecule has 0 aliphatic carbocycles. The van der Waals surface area contributed by atoms with Crippen molar-refractivity contribution in [1.82, 2.24) is 15.6 Å². The van der Waals surface area contributed by atoms with Crippen molar-refractivity contribution in [3.63, 3.8) is 0 Å². The van der Waals surface area contributed by atoms with Gasteiger partial charge in [-0.2, -0.15) is 0 Å². The molecule has 2 aromatic heterocycles. The fourth-order valence-corrected chi connectivity index (χ4v) is 3.75. The maximum absolute atomic E-state index is 12.8. The van der Waals surface area contributed by atoms with Crippen molar-refractivity contribution in [2.45, 2.75) is 26.1 Å². The number of aromatic nitrogens is 1. The van der Waals surface area contributed by atoms with E-state index in [-0.39, 0.29) is 13.0 Å². The summed E-state index contributed by atoms with van der Waals surface area (Å²) in [6.45, 7) is 1.60. The number of carbonyl (C=O) groups excluding carboxylic acids is 2. The van der Waals surface area contributed by atoms with E-state index in [1.165, 1.54) is 13.2 Å². The van der Waals surface area contributed by atoms with E-state index in [1.807, 2.05) is 60.7 Å². The van der Waals surface area contributed by atoms with Crippen LogP contribution in [0.25, 0.3) is 22.2 Å². The predicted octanol–water partition coefficient (Wildman–Crippen LogP) is 2.42. The van der Waals surface area contributed by atoms with Crippen molar-refractivity contribution in [2.75, 3.05) is 0 Å². The maximum atomic E-state index is 12.8. The number of amides is 2. The van der Waals surface area contributed by atoms with E-state index >= 15 is 0 Å². The molecule has 2 atom stereocenters. The molecule has 0 saturated heterocycles. The van der Waals surface area contributed by atoms with Gasteiger partial charge in [0.1, 0.15) is 17.7 Å². The highest BCUT2D eigenvalue weighted by Crippen LogP contribution is 2.22. The Morgan fingerprint density at radius 3 is 2.53 bits per heavy atom. The van der Waals surface area contributed by atoms with E-state index in [2.05, 4.69) is 15.6 Å². The van der Waals surface area contributed by atoms with E-state index in [1.54, 1.807) is 12.1 Å². The van der Waals surface area contributed by atoms with Gasteiger partial charge in [-0.1, -0.05) is 54.6 Å². The summed E-state index contributed by atoms with van der Waals surface area (Å²) in [5, 5.41) is 24.7. The summed E-state index contributed by atoms with van der Waals surface area (Å²) in [5.74, 6) is -2.20. The summed E-state index contributed by atoms with van der Waals surface area (Å²) in [7, 11) is -2.11. The van der Waals surface area contributed by atoms with Gasteiger partial charge < -0.3 is 29.8 Å². The predicted molar refractivity (Wildman–Crippen MR) is 134 cm³/mol. The molecule has 2 heterocycles. The van der Waals surface area contributed by atoms with Crippen LogP contribution in [-0.2, 0) is 27.2 Å². The Hall–Kier alpha value is -3.99. The second-order valence-electron chi connectivity index (χ2n) is 8.24. The zero-order valence-corrected chi connectivity index (χ0v) is 19.6. The van der Waals surface area contributed by atoms with Crippen LogP contribution in [0.4, 0.5) is 0 Å². The zero-order chi connectivity index (χ0) is 25.5. The molecule has 2 aromatic carbocycles. The fraction of sp³-hybridized carbons (Fsp3) is 0.192. The SMILES string of the molecule is CC(C(=O)NCc1cccc(-c2ccccc2)n1)C(=O)N[C@@H](Cc1coc2ccccc12)OB(O)O. The van der Waals surface area contributed by atoms with Crippen LogP contribution in [0.2, 0.25) is 0 Å². The molecule has 10 heteroatoms. The molecule has 1 unspecified atom stereocenters. The number of rotatable bonds is 10. The van der Waals surface area contributed by atoms with E-state index < -0.39 is 31.3 Å². The Labute approximate surface area is 208 Å². The first-order valence-electron chi connectivity index (χ1n) is 11.5. The third kappa shape index (κ3) is 6.36. The van der Waals surface area contributed by atoms with Crippen molar-refractivity contribution in [1.29, 1.82) is 0 Å². The fourth-order valence-electron chi connectivity index (χ4n) is 3.75. The van der Waals surface area contributed by atoms with Gasteiger partial charge in [0.2, 0.25) is 11.8 Å². The molecular formula is C26H26BN3O6. The van der Waals surface area contributed by atoms with Crippen LogP contribution in [0, 0.1) is 5.92 Å². The summed E-state index contributed by atoms with van der Waals surface area (Å²) in [6.07, 6.45) is 0.520. The van der Waals surface area contributed by atoms with Crippen molar-refractivity contribution in [3.8, 4) is 11.3 Å². The van der Waals surface area contributed by atoms with Gasteiger partial charge in [-0.25, -0.2) is 0 Å². The summed E-state index contributed by atoms with van der Waals surface area (Å²) >= 11 is 0. The van der Waals surface area contributed by atoms with E-state index in [4.69, 9.17) is 9.07 Å². The Balaban J connectivity index is 1.36. The first kappa shape index (κ1) is 25.1. The molecule has 4 aromatic rings. The number of nitrogens with one attached hydrogen (secondary N) is 2. The molecule has 0 fully saturated rings. The quantitative estimate of drug-likeness (QED) is 0.153. The molecule has 0 bridgehead atoms. The molecular weight excluding hydrogens is 461 g/mol. The number of hydrogen-bond donors (Lipinski definition) is 4. The van der Waals surface area contributed by atoms with Gasteiger partial charge in [0.05, 0.1) is 24.2 Å². The monoisotopic (exact) mass is 487 g/mol. The van der Waals surface area contributed by atoms with Gasteiger partial charge >= 0.3 is 7.32 Å². The number of hydrogen-bond acceptors (Lipinski definition) is 7. The van der Waals surface area contributed by atoms with Crippen LogP contribution in [0.5, 0.6) is 0 Å². The molecule has 4 rings (SSSR count). The first-order chi connectivity index (χ1) is 17.4. The van der Waals surface area contributed by atoms with E-state index in [0.29, 0.717) is 16.8 Å². The zero-order valence-electron chi connectivity index (χ0n) is 19.6. The Kier molecular flexibility index (Phi) is 8.11. The minimum Gasteiger partial charge on any atom is -0.464 e. The molecule has 0 aliphatic rings. The van der Waals surface area contributed by atoms with Crippen LogP contribution in [0.3, 0.4) is 0 Å². The molecule has 184 valence electrons. The summed E-state index contributed by atoms with van der Waals surface area (Å²) in [6, 6.07) is 22.5. The summed E-state index contributed by atoms with van der Waals surface area (Å²) in [4.78, 5) is 30.0. The molecule has 0 spiro atoms. The van der Waals surface area contributed by atoms with Crippen molar-refractivity contribution >= 4 is 30.1 Å². The number of pyridine rings is 1. The number of carbonyl (C=O) groups is 2. The van der Waals surface area contributed by atoms with Crippen molar-refractivity contribution in [2.24, 2.45) is 5.92 Å². The second-order valence-corrected chi connectivity index (χ2v) is 8.24. The molecule has 9 nitrogen and oxygen atoms in total. The number of fused-ring (bicyclic) bond motifs is 1. The van der Waals surface area contributed by atoms with Gasteiger partial charge in [-0.15, -0.1) is 0 Å². The lowest BCUT2D eigenvalue weighted by molar-refractivity contribution is -0.136. The minimum absolute atomic E-state index is 0.102. The third-order valence-corrected chi connectivity index (χ3v) is 5.66. The Morgan fingerprint density at radius 1 is 1.00 bits per heavy atom. The van der Waals surface area contributed by atoms with Gasteiger partial charge in [0, 0.05) is 22.9 Å². The van der Waals surface area contributed by atoms with E-state index in [0.717, 1.165) is 16.6 Å². The summed E-state index contributed by atoms with van der Waals surface area (Å²) < 4.78 is 10.5. The smallest absolute Gasteiger partial charge is 0.464 e. The lowest BCUT2D eigenvalue weighted by atomic mass is 10.1. The van der Waals surface area contributed by atoms with Crippen molar-refractivity contribution in [3.05, 3.63) is 90.3 Å². The minimum atomic E-state index is -2.11. The van der Waals surface area contributed by atoms with Gasteiger partial charge in [-0.05, 0) is 25.1 Å². The van der Waals surface area contributed by atoms with Gasteiger partial charge in [0.25, 0.3) is 0 Å². The standard InChI is InChI=1S/C26H26BN3O6/c1-17(25(31)28-15-20-10-7-12-22(29-20)18-8-3-2-4-9-18)26(32)30-24(36-27(33)34)14-19-16-35-23-13-6-5-11-21(19)23/h2-13,16-17,24,33-34H,14-15H2,1H3,(H,28,31)(H,30,32)/t17?,24-/m1/s1. The molecule has 0 radical (unpaired) electrons. The lowest BCUT2D eigenvalue weighted by Crippen LogP contribution is -2.47. The Bertz CT molecular complexity index is 1330. The average Bonchev–Trinajstić information content (AvgIpc) is 3.29. The highest BCUT2D eigenvalue weighted by Gasteiger charge is 2.27. The first-order valence-corrected chi connectivity index (χ1v) is 11.5. The number of furan rings is 1. The number of para-hydroxylation sites is 1. The lowest BCUT2D eigenvalue weighted by Gasteiger charge is -2.21. The van der Waals surface area contributed by atoms with E-state index in [9.17, 15) is 19.6 Å². The number of benzene rings is 2. The van der Waals surface area contributed by atoms with Gasteiger partial charge in [0.15, 0.2) is 0 Å². The molecule has 0 saturated carbocycles. The summed E-state index contributed by atoms with van der Waals surface area (Å²) in [5.41, 5.74) is 3.75. The number of nitrogens with zero attached hydrogens (tertiary/aromatic N) is 1. The van der Waals surface area contributed by atoms with Crippen LogP contribution in [-0.4, -0.2) is 40.4 Å². The van der Waals surface area contributed by atoms with Crippen LogP contribution < -0.4 is 10.6 Å². The normalized spacial score (nSPS) is 12.6. The maximum Gasteiger partial charge on any atom is 0.635 e. The van der Waals surface area contributed by atoms with Crippen LogP contribution >= 0.6 is 0 Å². The average molecular weight is 487 g/mol. The third-order valence-electron chi connectivity index (χ3n) is 5.66. The molecule has 4 N–H and O–H groups in total. The highest BCUT2D eigenvalue weighted by molar-refractivity contribution is 6.32. The molecule has 36 heavy (non-hydrogen) atoms. The van der Waals surface area contributed by atoms with Crippen LogP contribution in [0.1, 0.15) is 18.2 Å². The van der Waals surface area contributed by atoms with Crippen molar-refractivity contribution < 1.29 is 28.7 Å².